The average molecular weight is 313 g/mol. The molecule has 0 spiro atoms. The molecule has 1 amide bonds. The Labute approximate surface area is 129 Å². The Morgan fingerprint density at radius 3 is 3.10 bits per heavy atom. The van der Waals surface area contributed by atoms with E-state index in [-0.39, 0.29) is 11.9 Å². The molecule has 1 fully saturated rings. The van der Waals surface area contributed by atoms with Crippen LogP contribution in [0.3, 0.4) is 0 Å². The van der Waals surface area contributed by atoms with Crippen molar-refractivity contribution in [1.29, 1.82) is 0 Å². The Balaban J connectivity index is 2.13. The lowest BCUT2D eigenvalue weighted by molar-refractivity contribution is -0.132. The third kappa shape index (κ3) is 4.06. The molecule has 0 radical (unpaired) electrons. The number of amides is 1. The van der Waals surface area contributed by atoms with Crippen molar-refractivity contribution < 1.29 is 9.53 Å². The van der Waals surface area contributed by atoms with Gasteiger partial charge in [0.25, 0.3) is 0 Å². The number of pyridine rings is 1. The van der Waals surface area contributed by atoms with Crippen molar-refractivity contribution in [2.45, 2.75) is 19.5 Å². The van der Waals surface area contributed by atoms with Crippen molar-refractivity contribution in [3.8, 4) is 0 Å². The van der Waals surface area contributed by atoms with Gasteiger partial charge in [-0.1, -0.05) is 11.6 Å². The molecule has 7 heteroatoms. The molecule has 0 aliphatic carbocycles. The molecule has 0 bridgehead atoms. The summed E-state index contributed by atoms with van der Waals surface area (Å²) in [4.78, 5) is 18.6. The first-order valence-electron chi connectivity index (χ1n) is 7.08. The van der Waals surface area contributed by atoms with Crippen molar-refractivity contribution in [3.63, 3.8) is 0 Å². The molecular formula is C14H21ClN4O2. The summed E-state index contributed by atoms with van der Waals surface area (Å²) in [7, 11) is 1.81. The molecule has 1 atom stereocenters. The fraction of sp³-hybridized carbons (Fsp3) is 0.571. The minimum Gasteiger partial charge on any atom is -0.378 e. The molecule has 116 valence electrons. The van der Waals surface area contributed by atoms with E-state index in [1.54, 1.807) is 0 Å². The summed E-state index contributed by atoms with van der Waals surface area (Å²) in [5, 5.41) is 6.44. The Kier molecular flexibility index (Phi) is 5.78. The van der Waals surface area contributed by atoms with Gasteiger partial charge in [-0.25, -0.2) is 4.98 Å². The minimum absolute atomic E-state index is 0.0157. The maximum atomic E-state index is 12.1. The number of hydrogen-bond donors (Lipinski definition) is 2. The molecule has 1 aromatic rings. The van der Waals surface area contributed by atoms with E-state index >= 15 is 0 Å². The minimum atomic E-state index is -0.296. The summed E-state index contributed by atoms with van der Waals surface area (Å²) in [6, 6.07) is 3.35. The highest BCUT2D eigenvalue weighted by Gasteiger charge is 2.29. The number of anilines is 1. The van der Waals surface area contributed by atoms with Crippen LogP contribution < -0.4 is 10.6 Å². The van der Waals surface area contributed by atoms with Gasteiger partial charge in [0.1, 0.15) is 11.9 Å². The number of halogens is 1. The number of rotatable bonds is 5. The van der Waals surface area contributed by atoms with Crippen LogP contribution in [0.2, 0.25) is 5.02 Å². The topological polar surface area (TPSA) is 66.5 Å². The zero-order valence-electron chi connectivity index (χ0n) is 12.4. The normalized spacial score (nSPS) is 19.3. The SMILES string of the molecule is CCNC(=O)C1COCCN1Cc1nc(NC)ccc1Cl. The second-order valence-electron chi connectivity index (χ2n) is 4.83. The van der Waals surface area contributed by atoms with E-state index < -0.39 is 0 Å². The van der Waals surface area contributed by atoms with Crippen molar-refractivity contribution >= 4 is 23.3 Å². The number of morpholine rings is 1. The molecule has 2 N–H and O–H groups in total. The quantitative estimate of drug-likeness (QED) is 0.853. The number of likely N-dealkylation sites (N-methyl/N-ethyl adjacent to an activating group) is 1. The lowest BCUT2D eigenvalue weighted by Gasteiger charge is -2.34. The summed E-state index contributed by atoms with van der Waals surface area (Å²) < 4.78 is 5.42. The number of nitrogens with one attached hydrogen (secondary N) is 2. The molecule has 0 saturated carbocycles. The highest BCUT2D eigenvalue weighted by Crippen LogP contribution is 2.20. The van der Waals surface area contributed by atoms with E-state index in [0.717, 1.165) is 11.5 Å². The van der Waals surface area contributed by atoms with E-state index in [1.807, 2.05) is 26.1 Å². The molecule has 0 aromatic carbocycles. The average Bonchev–Trinajstić information content (AvgIpc) is 2.50. The lowest BCUT2D eigenvalue weighted by atomic mass is 10.2. The smallest absolute Gasteiger partial charge is 0.239 e. The van der Waals surface area contributed by atoms with Crippen LogP contribution in [0.15, 0.2) is 12.1 Å². The summed E-state index contributed by atoms with van der Waals surface area (Å²) in [5.41, 5.74) is 0.764. The third-order valence-corrected chi connectivity index (χ3v) is 3.76. The highest BCUT2D eigenvalue weighted by atomic mass is 35.5. The van der Waals surface area contributed by atoms with E-state index in [1.165, 1.54) is 0 Å². The summed E-state index contributed by atoms with van der Waals surface area (Å²) in [6.07, 6.45) is 0. The monoisotopic (exact) mass is 312 g/mol. The number of nitrogens with zero attached hydrogens (tertiary/aromatic N) is 2. The first-order valence-corrected chi connectivity index (χ1v) is 7.46. The molecule has 21 heavy (non-hydrogen) atoms. The van der Waals surface area contributed by atoms with Crippen LogP contribution in [0.5, 0.6) is 0 Å². The summed E-state index contributed by atoms with van der Waals surface area (Å²) >= 11 is 6.21. The predicted molar refractivity (Wildman–Crippen MR) is 82.5 cm³/mol. The van der Waals surface area contributed by atoms with Gasteiger partial charge in [0.05, 0.1) is 23.9 Å². The highest BCUT2D eigenvalue weighted by molar-refractivity contribution is 6.31. The Hall–Kier alpha value is -1.37. The van der Waals surface area contributed by atoms with Gasteiger partial charge in [-0.2, -0.15) is 0 Å². The second-order valence-corrected chi connectivity index (χ2v) is 5.24. The second kappa shape index (κ2) is 7.59. The van der Waals surface area contributed by atoms with Gasteiger partial charge in [-0.05, 0) is 19.1 Å². The molecule has 1 aliphatic rings. The molecule has 1 aromatic heterocycles. The van der Waals surface area contributed by atoms with Crippen molar-refractivity contribution in [2.75, 3.05) is 38.7 Å². The van der Waals surface area contributed by atoms with E-state index in [9.17, 15) is 4.79 Å². The van der Waals surface area contributed by atoms with Crippen LogP contribution in [-0.4, -0.2) is 55.2 Å². The van der Waals surface area contributed by atoms with Gasteiger partial charge in [-0.3, -0.25) is 9.69 Å². The molecule has 1 unspecified atom stereocenters. The first kappa shape index (κ1) is 16.0. The zero-order chi connectivity index (χ0) is 15.2. The third-order valence-electron chi connectivity index (χ3n) is 3.42. The fourth-order valence-corrected chi connectivity index (χ4v) is 2.45. The van der Waals surface area contributed by atoms with Gasteiger partial charge in [0.15, 0.2) is 0 Å². The number of aromatic nitrogens is 1. The van der Waals surface area contributed by atoms with Crippen LogP contribution in [0.4, 0.5) is 5.82 Å². The van der Waals surface area contributed by atoms with Crippen LogP contribution in [0.25, 0.3) is 0 Å². The summed E-state index contributed by atoms with van der Waals surface area (Å²) in [6.45, 7) is 4.73. The largest absolute Gasteiger partial charge is 0.378 e. The molecular weight excluding hydrogens is 292 g/mol. The Bertz CT molecular complexity index is 498. The first-order chi connectivity index (χ1) is 10.2. The number of ether oxygens (including phenoxy) is 1. The molecule has 1 saturated heterocycles. The molecule has 6 nitrogen and oxygen atoms in total. The Morgan fingerprint density at radius 1 is 1.57 bits per heavy atom. The van der Waals surface area contributed by atoms with Gasteiger partial charge in [0.2, 0.25) is 5.91 Å². The number of carbonyl (C=O) groups excluding carboxylic acids is 1. The maximum absolute atomic E-state index is 12.1. The van der Waals surface area contributed by atoms with Crippen LogP contribution >= 0.6 is 11.6 Å². The van der Waals surface area contributed by atoms with Crippen molar-refractivity contribution in [2.24, 2.45) is 0 Å². The van der Waals surface area contributed by atoms with E-state index in [4.69, 9.17) is 16.3 Å². The Morgan fingerprint density at radius 2 is 2.38 bits per heavy atom. The standard InChI is InChI=1S/C14H21ClN4O2/c1-3-17-14(20)12-9-21-7-6-19(12)8-11-10(15)4-5-13(16-2)18-11/h4-5,12H,3,6-9H2,1-2H3,(H,16,18)(H,17,20). The van der Waals surface area contributed by atoms with Gasteiger partial charge < -0.3 is 15.4 Å². The van der Waals surface area contributed by atoms with E-state index in [0.29, 0.717) is 37.9 Å². The fourth-order valence-electron chi connectivity index (χ4n) is 2.29. The van der Waals surface area contributed by atoms with Gasteiger partial charge in [-0.15, -0.1) is 0 Å². The molecule has 2 rings (SSSR count). The predicted octanol–water partition coefficient (Wildman–Crippen LogP) is 1.11. The molecule has 1 aliphatic heterocycles. The van der Waals surface area contributed by atoms with Crippen LogP contribution in [0, 0.1) is 0 Å². The summed E-state index contributed by atoms with van der Waals surface area (Å²) in [5.74, 6) is 0.746. The molecule has 2 heterocycles. The number of carbonyl (C=O) groups is 1. The van der Waals surface area contributed by atoms with Crippen molar-refractivity contribution in [3.05, 3.63) is 22.8 Å². The lowest BCUT2D eigenvalue weighted by Crippen LogP contribution is -2.53. The van der Waals surface area contributed by atoms with Gasteiger partial charge >= 0.3 is 0 Å². The van der Waals surface area contributed by atoms with E-state index in [2.05, 4.69) is 20.5 Å². The maximum Gasteiger partial charge on any atom is 0.239 e. The van der Waals surface area contributed by atoms with Gasteiger partial charge in [0, 0.05) is 26.7 Å². The zero-order valence-corrected chi connectivity index (χ0v) is 13.1. The number of hydrogen-bond acceptors (Lipinski definition) is 5. The van der Waals surface area contributed by atoms with Crippen LogP contribution in [-0.2, 0) is 16.1 Å². The van der Waals surface area contributed by atoms with Crippen LogP contribution in [0.1, 0.15) is 12.6 Å². The van der Waals surface area contributed by atoms with Crippen molar-refractivity contribution in [1.82, 2.24) is 15.2 Å².